The van der Waals surface area contributed by atoms with Crippen molar-refractivity contribution >= 4 is 45.0 Å². The second-order valence-corrected chi connectivity index (χ2v) is 6.53. The molecule has 1 amide bonds. The lowest BCUT2D eigenvalue weighted by Crippen LogP contribution is -2.15. The summed E-state index contributed by atoms with van der Waals surface area (Å²) in [6, 6.07) is 13.2. The maximum Gasteiger partial charge on any atom is 0.226 e. The Hall–Kier alpha value is -3.12. The molecule has 0 unspecified atom stereocenters. The van der Waals surface area contributed by atoms with E-state index in [-0.39, 0.29) is 5.91 Å². The summed E-state index contributed by atoms with van der Waals surface area (Å²) < 4.78 is 6.98. The molecule has 0 aliphatic carbocycles. The Morgan fingerprint density at radius 3 is 2.96 bits per heavy atom. The van der Waals surface area contributed by atoms with Gasteiger partial charge in [0.2, 0.25) is 5.91 Å². The number of amides is 1. The molecule has 2 heterocycles. The number of methoxy groups -OCH3 is 1. The van der Waals surface area contributed by atoms with Crippen molar-refractivity contribution in [1.82, 2.24) is 14.8 Å². The van der Waals surface area contributed by atoms with Crippen molar-refractivity contribution in [2.45, 2.75) is 13.0 Å². The molecule has 4 aromatic rings. The van der Waals surface area contributed by atoms with Gasteiger partial charge in [-0.1, -0.05) is 17.7 Å². The number of rotatable bonds is 5. The Morgan fingerprint density at radius 2 is 2.11 bits per heavy atom. The number of hydrogen-bond donors (Lipinski definition) is 1. The van der Waals surface area contributed by atoms with Crippen molar-refractivity contribution in [2.24, 2.45) is 0 Å². The van der Waals surface area contributed by atoms with E-state index < -0.39 is 0 Å². The Morgan fingerprint density at radius 1 is 1.22 bits per heavy atom. The molecule has 1 N–H and O–H groups in total. The largest absolute Gasteiger partial charge is 0.497 e. The third-order valence-corrected chi connectivity index (χ3v) is 4.69. The lowest BCUT2D eigenvalue weighted by Gasteiger charge is -2.08. The van der Waals surface area contributed by atoms with Gasteiger partial charge in [0.25, 0.3) is 0 Å². The third-order valence-electron chi connectivity index (χ3n) is 4.36. The minimum atomic E-state index is -0.102. The number of benzene rings is 2. The normalized spacial score (nSPS) is 11.0. The van der Waals surface area contributed by atoms with Crippen molar-refractivity contribution in [1.29, 1.82) is 0 Å². The van der Waals surface area contributed by atoms with Gasteiger partial charge in [-0.05, 0) is 30.3 Å². The molecule has 2 aromatic carbocycles. The van der Waals surface area contributed by atoms with Crippen LogP contribution in [0, 0.1) is 0 Å². The highest BCUT2D eigenvalue weighted by atomic mass is 35.5. The second kappa shape index (κ2) is 7.25. The van der Waals surface area contributed by atoms with Gasteiger partial charge in [-0.15, -0.1) is 0 Å². The number of nitrogens with one attached hydrogen (secondary N) is 1. The van der Waals surface area contributed by atoms with Crippen molar-refractivity contribution < 1.29 is 9.53 Å². The molecule has 0 atom stereocenters. The second-order valence-electron chi connectivity index (χ2n) is 6.12. The lowest BCUT2D eigenvalue weighted by atomic mass is 10.2. The van der Waals surface area contributed by atoms with E-state index in [1.807, 2.05) is 42.5 Å². The van der Waals surface area contributed by atoms with Gasteiger partial charge in [0.15, 0.2) is 0 Å². The average molecular weight is 381 g/mol. The average Bonchev–Trinajstić information content (AvgIpc) is 3.10. The molecular weight excluding hydrogens is 364 g/mol. The third kappa shape index (κ3) is 3.57. The van der Waals surface area contributed by atoms with Crippen LogP contribution in [0.5, 0.6) is 5.75 Å². The van der Waals surface area contributed by atoms with Gasteiger partial charge in [0.1, 0.15) is 5.75 Å². The first-order valence-corrected chi connectivity index (χ1v) is 8.85. The number of halogens is 1. The van der Waals surface area contributed by atoms with Crippen LogP contribution in [0.3, 0.4) is 0 Å². The zero-order valence-electron chi connectivity index (χ0n) is 14.6. The summed E-state index contributed by atoms with van der Waals surface area (Å²) in [6.45, 7) is 0.466. The molecule has 27 heavy (non-hydrogen) atoms. The van der Waals surface area contributed by atoms with Crippen LogP contribution in [-0.4, -0.2) is 27.8 Å². The fourth-order valence-corrected chi connectivity index (χ4v) is 3.19. The Kier molecular flexibility index (Phi) is 4.64. The molecule has 0 aliphatic rings. The Balaban J connectivity index is 1.44. The maximum absolute atomic E-state index is 12.3. The molecule has 0 bridgehead atoms. The first kappa shape index (κ1) is 17.3. The van der Waals surface area contributed by atoms with E-state index in [1.54, 1.807) is 24.2 Å². The number of aromatic nitrogens is 3. The minimum Gasteiger partial charge on any atom is -0.497 e. The molecule has 6 nitrogen and oxygen atoms in total. The number of hydrogen-bond acceptors (Lipinski definition) is 4. The molecule has 4 rings (SSSR count). The topological polar surface area (TPSA) is 69.0 Å². The van der Waals surface area contributed by atoms with E-state index in [1.165, 1.54) is 0 Å². The lowest BCUT2D eigenvalue weighted by molar-refractivity contribution is -0.116. The van der Waals surface area contributed by atoms with E-state index in [4.69, 9.17) is 16.3 Å². The maximum atomic E-state index is 12.3. The van der Waals surface area contributed by atoms with Crippen molar-refractivity contribution in [3.05, 3.63) is 59.9 Å². The molecular formula is C20H17ClN4O2. The molecule has 0 saturated carbocycles. The van der Waals surface area contributed by atoms with Crippen LogP contribution in [0.25, 0.3) is 21.8 Å². The van der Waals surface area contributed by atoms with E-state index in [9.17, 15) is 4.79 Å². The fourth-order valence-electron chi connectivity index (χ4n) is 2.97. The number of carbonyl (C=O) groups excluding carboxylic acids is 1. The highest BCUT2D eigenvalue weighted by Gasteiger charge is 2.09. The monoisotopic (exact) mass is 380 g/mol. The first-order valence-electron chi connectivity index (χ1n) is 8.48. The number of nitrogens with zero attached hydrogens (tertiary/aromatic N) is 3. The van der Waals surface area contributed by atoms with Gasteiger partial charge >= 0.3 is 0 Å². The molecule has 0 spiro atoms. The van der Waals surface area contributed by atoms with Gasteiger partial charge in [-0.2, -0.15) is 5.10 Å². The number of ether oxygens (including phenoxy) is 1. The van der Waals surface area contributed by atoms with Crippen molar-refractivity contribution in [2.75, 3.05) is 12.4 Å². The summed E-state index contributed by atoms with van der Waals surface area (Å²) in [5, 5.41) is 9.67. The van der Waals surface area contributed by atoms with E-state index in [0.717, 1.165) is 27.6 Å². The number of fused-ring (bicyclic) bond motifs is 2. The molecule has 0 saturated heterocycles. The quantitative estimate of drug-likeness (QED) is 0.561. The highest BCUT2D eigenvalue weighted by molar-refractivity contribution is 6.35. The Labute approximate surface area is 160 Å². The summed E-state index contributed by atoms with van der Waals surface area (Å²) in [5.41, 5.74) is 2.38. The smallest absolute Gasteiger partial charge is 0.226 e. The van der Waals surface area contributed by atoms with Gasteiger partial charge in [0, 0.05) is 23.3 Å². The predicted octanol–water partition coefficient (Wildman–Crippen LogP) is 4.28. The SMILES string of the molecule is COc1ccc2cc(NC(=O)CCn3ncc4c(Cl)cccc43)cnc2c1. The van der Waals surface area contributed by atoms with E-state index >= 15 is 0 Å². The van der Waals surface area contributed by atoms with E-state index in [2.05, 4.69) is 15.4 Å². The predicted molar refractivity (Wildman–Crippen MR) is 106 cm³/mol. The van der Waals surface area contributed by atoms with Crippen LogP contribution in [0.2, 0.25) is 5.02 Å². The molecule has 0 radical (unpaired) electrons. The summed E-state index contributed by atoms with van der Waals surface area (Å²) in [5.74, 6) is 0.647. The zero-order chi connectivity index (χ0) is 18.8. The number of pyridine rings is 1. The van der Waals surface area contributed by atoms with Crippen LogP contribution in [0.15, 0.2) is 54.9 Å². The summed E-state index contributed by atoms with van der Waals surface area (Å²) >= 11 is 6.16. The first-order chi connectivity index (χ1) is 13.1. The summed E-state index contributed by atoms with van der Waals surface area (Å²) in [4.78, 5) is 16.7. The molecule has 0 fully saturated rings. The highest BCUT2D eigenvalue weighted by Crippen LogP contribution is 2.23. The number of aryl methyl sites for hydroxylation is 1. The van der Waals surface area contributed by atoms with Crippen LogP contribution >= 0.6 is 11.6 Å². The molecule has 136 valence electrons. The van der Waals surface area contributed by atoms with Crippen LogP contribution in [-0.2, 0) is 11.3 Å². The van der Waals surface area contributed by atoms with Crippen LogP contribution in [0.1, 0.15) is 6.42 Å². The van der Waals surface area contributed by atoms with Crippen LogP contribution in [0.4, 0.5) is 5.69 Å². The number of carbonyl (C=O) groups is 1. The standard InChI is InChI=1S/C20H17ClN4O2/c1-27-15-6-5-13-9-14(11-22-18(13)10-15)24-20(26)7-8-25-19-4-2-3-17(21)16(19)12-23-25/h2-6,9-12H,7-8H2,1H3,(H,24,26). The van der Waals surface area contributed by atoms with Crippen molar-refractivity contribution in [3.8, 4) is 5.75 Å². The van der Waals surface area contributed by atoms with Crippen molar-refractivity contribution in [3.63, 3.8) is 0 Å². The molecule has 0 aliphatic heterocycles. The minimum absolute atomic E-state index is 0.102. The molecule has 2 aromatic heterocycles. The Bertz CT molecular complexity index is 1140. The van der Waals surface area contributed by atoms with E-state index in [0.29, 0.717) is 23.7 Å². The summed E-state index contributed by atoms with van der Waals surface area (Å²) in [7, 11) is 1.62. The number of anilines is 1. The molecule has 7 heteroatoms. The van der Waals surface area contributed by atoms with Gasteiger partial charge in [-0.25, -0.2) is 0 Å². The van der Waals surface area contributed by atoms with Gasteiger partial charge in [-0.3, -0.25) is 14.5 Å². The fraction of sp³-hybridized carbons (Fsp3) is 0.150. The van der Waals surface area contributed by atoms with Crippen LogP contribution < -0.4 is 10.1 Å². The van der Waals surface area contributed by atoms with Gasteiger partial charge in [0.05, 0.1) is 47.8 Å². The van der Waals surface area contributed by atoms with Gasteiger partial charge < -0.3 is 10.1 Å². The zero-order valence-corrected chi connectivity index (χ0v) is 15.4. The summed E-state index contributed by atoms with van der Waals surface area (Å²) in [6.07, 6.45) is 3.66.